The van der Waals surface area contributed by atoms with Crippen molar-refractivity contribution in [1.29, 1.82) is 0 Å². The van der Waals surface area contributed by atoms with Crippen molar-refractivity contribution in [2.75, 3.05) is 0 Å². The van der Waals surface area contributed by atoms with Gasteiger partial charge in [-0.3, -0.25) is 0 Å². The molecule has 0 radical (unpaired) electrons. The molecule has 0 amide bonds. The molecule has 0 saturated carbocycles. The zero-order valence-electron chi connectivity index (χ0n) is 31.6. The summed E-state index contributed by atoms with van der Waals surface area (Å²) < 4.78 is 6.22. The molecular formula is C55H31N3O. The summed E-state index contributed by atoms with van der Waals surface area (Å²) in [6.45, 7) is 0. The van der Waals surface area contributed by atoms with Crippen LogP contribution in [0, 0.1) is 0 Å². The third kappa shape index (κ3) is 4.87. The molecule has 13 rings (SSSR count). The Labute approximate surface area is 338 Å². The van der Waals surface area contributed by atoms with Crippen LogP contribution in [0.25, 0.3) is 132 Å². The summed E-state index contributed by atoms with van der Waals surface area (Å²) >= 11 is 0. The number of rotatable bonds is 4. The van der Waals surface area contributed by atoms with Gasteiger partial charge >= 0.3 is 0 Å². The molecule has 4 heteroatoms. The minimum atomic E-state index is 0.603. The van der Waals surface area contributed by atoms with Crippen LogP contribution in [-0.2, 0) is 0 Å². The summed E-state index contributed by atoms with van der Waals surface area (Å²) in [6, 6.07) is 67.1. The van der Waals surface area contributed by atoms with Gasteiger partial charge in [0.05, 0.1) is 0 Å². The van der Waals surface area contributed by atoms with Crippen molar-refractivity contribution in [3.63, 3.8) is 0 Å². The number of fused-ring (bicyclic) bond motifs is 5. The minimum absolute atomic E-state index is 0.603. The molecule has 2 heterocycles. The van der Waals surface area contributed by atoms with Crippen molar-refractivity contribution in [2.24, 2.45) is 0 Å². The van der Waals surface area contributed by atoms with E-state index >= 15 is 0 Å². The second-order valence-corrected chi connectivity index (χ2v) is 15.5. The van der Waals surface area contributed by atoms with Crippen LogP contribution in [-0.4, -0.2) is 15.0 Å². The Kier molecular flexibility index (Phi) is 6.69. The molecule has 0 atom stereocenters. The number of furan rings is 1. The number of aromatic nitrogens is 3. The summed E-state index contributed by atoms with van der Waals surface area (Å²) in [5.41, 5.74) is 6.68. The van der Waals surface area contributed by atoms with Crippen molar-refractivity contribution in [3.8, 4) is 45.3 Å². The van der Waals surface area contributed by atoms with E-state index in [-0.39, 0.29) is 0 Å². The van der Waals surface area contributed by atoms with Crippen molar-refractivity contribution >= 4 is 86.6 Å². The predicted molar refractivity (Wildman–Crippen MR) is 245 cm³/mol. The van der Waals surface area contributed by atoms with Gasteiger partial charge in [0, 0.05) is 27.5 Å². The second-order valence-electron chi connectivity index (χ2n) is 15.5. The van der Waals surface area contributed by atoms with Gasteiger partial charge in [0.1, 0.15) is 11.2 Å². The van der Waals surface area contributed by atoms with E-state index in [1.165, 1.54) is 59.2 Å². The third-order valence-corrected chi connectivity index (χ3v) is 12.2. The second kappa shape index (κ2) is 12.3. The zero-order valence-corrected chi connectivity index (χ0v) is 31.6. The normalized spacial score (nSPS) is 12.1. The molecule has 4 nitrogen and oxygen atoms in total. The maximum Gasteiger partial charge on any atom is 0.164 e. The summed E-state index contributed by atoms with van der Waals surface area (Å²) in [4.78, 5) is 15.9. The molecule has 0 saturated heterocycles. The topological polar surface area (TPSA) is 51.8 Å². The van der Waals surface area contributed by atoms with E-state index in [0.29, 0.717) is 17.5 Å². The van der Waals surface area contributed by atoms with E-state index in [1.807, 2.05) is 30.3 Å². The minimum Gasteiger partial charge on any atom is -0.456 e. The quantitative estimate of drug-likeness (QED) is 0.168. The Balaban J connectivity index is 1.13. The molecule has 272 valence electrons. The van der Waals surface area contributed by atoms with Crippen LogP contribution >= 0.6 is 0 Å². The molecule has 59 heavy (non-hydrogen) atoms. The number of para-hydroxylation sites is 1. The van der Waals surface area contributed by atoms with Gasteiger partial charge in [-0.05, 0) is 118 Å². The van der Waals surface area contributed by atoms with E-state index in [9.17, 15) is 0 Å². The smallest absolute Gasteiger partial charge is 0.164 e. The summed E-state index contributed by atoms with van der Waals surface area (Å²) in [5, 5.41) is 16.8. The van der Waals surface area contributed by atoms with E-state index < -0.39 is 0 Å². The Hall–Kier alpha value is -7.95. The van der Waals surface area contributed by atoms with Gasteiger partial charge in [0.25, 0.3) is 0 Å². The van der Waals surface area contributed by atoms with Gasteiger partial charge < -0.3 is 4.42 Å². The first-order valence-electron chi connectivity index (χ1n) is 20.0. The lowest BCUT2D eigenvalue weighted by Crippen LogP contribution is -2.00. The molecule has 0 fully saturated rings. The van der Waals surface area contributed by atoms with Crippen LogP contribution in [0.2, 0.25) is 0 Å². The standard InChI is InChI=1S/C55H31N3O/c1-2-10-32(11-3-1)36-15-6-16-38(28-36)53-56-54(39-26-27-48-45(30-39)41-17-4-5-21-47(41)59-48)58-55(57-53)40-29-37-25-24-35-13-8-19-43-42-18-7-12-33-22-23-34-14-9-20-44(51(34)49(33)42)46(31-40)52(37)50(35)43/h1-31H. The SMILES string of the molecule is c1ccc(-c2cccc(-c3nc(-c4ccc5oc6ccccc6c5c4)nc(-c4cc5ccc6cccc7c8cccc9ccc%10cccc(c(c4)c5c67)c%10c98)n3)c2)cc1. The molecule has 13 aromatic rings. The summed E-state index contributed by atoms with van der Waals surface area (Å²) in [7, 11) is 0. The highest BCUT2D eigenvalue weighted by atomic mass is 16.3. The predicted octanol–water partition coefficient (Wildman–Crippen LogP) is 14.8. The number of benzene rings is 10. The van der Waals surface area contributed by atoms with Crippen molar-refractivity contribution in [3.05, 3.63) is 188 Å². The lowest BCUT2D eigenvalue weighted by Gasteiger charge is -2.17. The highest BCUT2D eigenvalue weighted by Gasteiger charge is 2.19. The Morgan fingerprint density at radius 3 is 1.42 bits per heavy atom. The van der Waals surface area contributed by atoms with Crippen LogP contribution in [0.5, 0.6) is 0 Å². The third-order valence-electron chi connectivity index (χ3n) is 12.2. The monoisotopic (exact) mass is 749 g/mol. The Morgan fingerprint density at radius 2 is 0.729 bits per heavy atom. The average Bonchev–Trinajstić information content (AvgIpc) is 3.68. The first-order chi connectivity index (χ1) is 29.2. The first-order valence-corrected chi connectivity index (χ1v) is 20.0. The van der Waals surface area contributed by atoms with Gasteiger partial charge in [-0.15, -0.1) is 0 Å². The fraction of sp³-hybridized carbons (Fsp3) is 0. The highest BCUT2D eigenvalue weighted by Crippen LogP contribution is 2.44. The summed E-state index contributed by atoms with van der Waals surface area (Å²) in [6.07, 6.45) is 0. The van der Waals surface area contributed by atoms with Crippen LogP contribution in [0.3, 0.4) is 0 Å². The van der Waals surface area contributed by atoms with E-state index in [0.717, 1.165) is 55.1 Å². The molecule has 0 N–H and O–H groups in total. The molecular weight excluding hydrogens is 719 g/mol. The average molecular weight is 750 g/mol. The van der Waals surface area contributed by atoms with E-state index in [1.54, 1.807) is 0 Å². The van der Waals surface area contributed by atoms with Crippen molar-refractivity contribution < 1.29 is 4.42 Å². The Morgan fingerprint density at radius 1 is 0.254 bits per heavy atom. The van der Waals surface area contributed by atoms with Gasteiger partial charge in [0.2, 0.25) is 0 Å². The zero-order chi connectivity index (χ0) is 38.6. The molecule has 0 aliphatic rings. The van der Waals surface area contributed by atoms with Crippen LogP contribution in [0.15, 0.2) is 192 Å². The van der Waals surface area contributed by atoms with Crippen LogP contribution < -0.4 is 0 Å². The molecule has 0 aliphatic carbocycles. The molecule has 0 unspecified atom stereocenters. The maximum atomic E-state index is 6.22. The molecule has 11 aromatic carbocycles. The van der Waals surface area contributed by atoms with Gasteiger partial charge in [0.15, 0.2) is 17.5 Å². The maximum absolute atomic E-state index is 6.22. The van der Waals surface area contributed by atoms with E-state index in [2.05, 4.69) is 158 Å². The fourth-order valence-electron chi connectivity index (χ4n) is 9.51. The number of hydrogen-bond donors (Lipinski definition) is 0. The van der Waals surface area contributed by atoms with Gasteiger partial charge in [-0.2, -0.15) is 0 Å². The fourth-order valence-corrected chi connectivity index (χ4v) is 9.51. The van der Waals surface area contributed by atoms with Crippen LogP contribution in [0.4, 0.5) is 0 Å². The van der Waals surface area contributed by atoms with Gasteiger partial charge in [-0.1, -0.05) is 146 Å². The number of hydrogen-bond acceptors (Lipinski definition) is 4. The highest BCUT2D eigenvalue weighted by molar-refractivity contribution is 6.37. The van der Waals surface area contributed by atoms with Crippen molar-refractivity contribution in [1.82, 2.24) is 15.0 Å². The molecule has 0 bridgehead atoms. The molecule has 0 aliphatic heterocycles. The molecule has 2 aromatic heterocycles. The molecule has 0 spiro atoms. The largest absolute Gasteiger partial charge is 0.456 e. The lowest BCUT2D eigenvalue weighted by molar-refractivity contribution is 0.669. The lowest BCUT2D eigenvalue weighted by atomic mass is 9.87. The van der Waals surface area contributed by atoms with Gasteiger partial charge in [-0.25, -0.2) is 15.0 Å². The number of nitrogens with zero attached hydrogens (tertiary/aromatic N) is 3. The summed E-state index contributed by atoms with van der Waals surface area (Å²) in [5.74, 6) is 1.84. The first kappa shape index (κ1) is 32.2. The van der Waals surface area contributed by atoms with E-state index in [4.69, 9.17) is 19.4 Å². The Bertz CT molecular complexity index is 3840. The van der Waals surface area contributed by atoms with Crippen LogP contribution in [0.1, 0.15) is 0 Å². The van der Waals surface area contributed by atoms with Crippen molar-refractivity contribution in [2.45, 2.75) is 0 Å².